The van der Waals surface area contributed by atoms with E-state index in [1.54, 1.807) is 13.2 Å². The molecule has 5 heteroatoms. The molecule has 0 aliphatic carbocycles. The van der Waals surface area contributed by atoms with Crippen molar-refractivity contribution in [1.82, 2.24) is 0 Å². The summed E-state index contributed by atoms with van der Waals surface area (Å²) in [7, 11) is 3.09. The molecule has 1 atom stereocenters. The van der Waals surface area contributed by atoms with Gasteiger partial charge in [-0.3, -0.25) is 0 Å². The monoisotopic (exact) mass is 259 g/mol. The number of hydrogen-bond acceptors (Lipinski definition) is 4. The number of rotatable bonds is 6. The van der Waals surface area contributed by atoms with E-state index in [4.69, 9.17) is 31.9 Å². The summed E-state index contributed by atoms with van der Waals surface area (Å²) in [6.45, 7) is 0.124. The Balaban J connectivity index is 3.01. The van der Waals surface area contributed by atoms with Gasteiger partial charge in [0.05, 0.1) is 19.2 Å². The summed E-state index contributed by atoms with van der Waals surface area (Å²) in [6.07, 6.45) is 1.32. The molecule has 0 unspecified atom stereocenters. The number of benzene rings is 1. The van der Waals surface area contributed by atoms with Gasteiger partial charge in [-0.1, -0.05) is 17.7 Å². The summed E-state index contributed by atoms with van der Waals surface area (Å²) >= 11 is 6.22. The molecule has 0 aliphatic rings. The first-order valence-corrected chi connectivity index (χ1v) is 5.80. The molecule has 1 rings (SSSR count). The molecule has 0 saturated carbocycles. The number of aliphatic hydroxyl groups is 1. The van der Waals surface area contributed by atoms with E-state index in [1.807, 2.05) is 6.07 Å². The summed E-state index contributed by atoms with van der Waals surface area (Å²) in [5, 5.41) is 9.25. The summed E-state index contributed by atoms with van der Waals surface area (Å²) in [4.78, 5) is 0. The maximum Gasteiger partial charge on any atom is 0.179 e. The van der Waals surface area contributed by atoms with Crippen LogP contribution in [-0.4, -0.2) is 25.9 Å². The fourth-order valence-corrected chi connectivity index (χ4v) is 2.03. The molecular weight excluding hydrogens is 242 g/mol. The van der Waals surface area contributed by atoms with Crippen LogP contribution in [0.3, 0.4) is 0 Å². The Morgan fingerprint density at radius 3 is 2.59 bits per heavy atom. The summed E-state index contributed by atoms with van der Waals surface area (Å²) in [5.41, 5.74) is 6.81. The molecule has 0 radical (unpaired) electrons. The lowest BCUT2D eigenvalue weighted by Crippen LogP contribution is -2.12. The fraction of sp³-hybridized carbons (Fsp3) is 0.500. The molecule has 1 aromatic rings. The second-order valence-corrected chi connectivity index (χ2v) is 4.05. The van der Waals surface area contributed by atoms with Crippen LogP contribution in [0.2, 0.25) is 5.02 Å². The average Bonchev–Trinajstić information content (AvgIpc) is 2.35. The third kappa shape index (κ3) is 3.25. The van der Waals surface area contributed by atoms with Gasteiger partial charge in [-0.15, -0.1) is 0 Å². The number of nitrogens with two attached hydrogens (primary N) is 1. The van der Waals surface area contributed by atoms with Gasteiger partial charge < -0.3 is 20.3 Å². The lowest BCUT2D eigenvalue weighted by atomic mass is 10.0. The number of halogens is 1. The molecule has 0 heterocycles. The van der Waals surface area contributed by atoms with Crippen LogP contribution in [0.5, 0.6) is 11.5 Å². The van der Waals surface area contributed by atoms with Crippen LogP contribution >= 0.6 is 11.6 Å². The molecule has 17 heavy (non-hydrogen) atoms. The minimum absolute atomic E-state index is 0.124. The Morgan fingerprint density at radius 1 is 1.35 bits per heavy atom. The highest BCUT2D eigenvalue weighted by molar-refractivity contribution is 6.33. The first-order chi connectivity index (χ1) is 8.15. The van der Waals surface area contributed by atoms with Crippen molar-refractivity contribution >= 4 is 11.6 Å². The third-order valence-corrected chi connectivity index (χ3v) is 2.98. The molecule has 1 aromatic carbocycles. The highest BCUT2D eigenvalue weighted by atomic mass is 35.5. The Hall–Kier alpha value is -0.970. The van der Waals surface area contributed by atoms with Crippen molar-refractivity contribution in [1.29, 1.82) is 0 Å². The Kier molecular flexibility index (Phi) is 5.55. The lowest BCUT2D eigenvalue weighted by Gasteiger charge is -2.17. The molecule has 3 N–H and O–H groups in total. The molecule has 0 spiro atoms. The van der Waals surface area contributed by atoms with E-state index in [0.29, 0.717) is 29.4 Å². The SMILES string of the molecule is COc1ccc([C@H](N)CCCO)c(Cl)c1OC. The molecule has 0 amide bonds. The van der Waals surface area contributed by atoms with E-state index in [-0.39, 0.29) is 12.6 Å². The van der Waals surface area contributed by atoms with Crippen molar-refractivity contribution in [2.75, 3.05) is 20.8 Å². The highest BCUT2D eigenvalue weighted by Crippen LogP contribution is 2.39. The molecule has 4 nitrogen and oxygen atoms in total. The minimum atomic E-state index is -0.213. The van der Waals surface area contributed by atoms with Gasteiger partial charge in [0, 0.05) is 12.6 Å². The Bertz CT molecular complexity index is 371. The molecule has 0 bridgehead atoms. The largest absolute Gasteiger partial charge is 0.493 e. The van der Waals surface area contributed by atoms with Crippen LogP contribution in [0.1, 0.15) is 24.4 Å². The highest BCUT2D eigenvalue weighted by Gasteiger charge is 2.17. The number of hydrogen-bond donors (Lipinski definition) is 2. The number of ether oxygens (including phenoxy) is 2. The predicted octanol–water partition coefficient (Wildman–Crippen LogP) is 2.13. The molecule has 96 valence electrons. The predicted molar refractivity (Wildman–Crippen MR) is 67.8 cm³/mol. The van der Waals surface area contributed by atoms with Crippen LogP contribution in [0, 0.1) is 0 Å². The van der Waals surface area contributed by atoms with Gasteiger partial charge in [-0.2, -0.15) is 0 Å². The molecule has 0 fully saturated rings. The van der Waals surface area contributed by atoms with Crippen molar-refractivity contribution in [2.45, 2.75) is 18.9 Å². The van der Waals surface area contributed by atoms with Gasteiger partial charge in [-0.05, 0) is 24.5 Å². The van der Waals surface area contributed by atoms with E-state index < -0.39 is 0 Å². The summed E-state index contributed by atoms with van der Waals surface area (Å²) < 4.78 is 10.3. The summed E-state index contributed by atoms with van der Waals surface area (Å²) in [5.74, 6) is 1.07. The van der Waals surface area contributed by atoms with Gasteiger partial charge in [-0.25, -0.2) is 0 Å². The van der Waals surface area contributed by atoms with E-state index >= 15 is 0 Å². The van der Waals surface area contributed by atoms with E-state index in [2.05, 4.69) is 0 Å². The molecular formula is C12H18ClNO3. The fourth-order valence-electron chi connectivity index (χ4n) is 1.66. The van der Waals surface area contributed by atoms with Crippen molar-refractivity contribution in [2.24, 2.45) is 5.73 Å². The number of aliphatic hydroxyl groups excluding tert-OH is 1. The Morgan fingerprint density at radius 2 is 2.06 bits per heavy atom. The Labute approximate surface area is 106 Å². The normalized spacial score (nSPS) is 12.3. The number of methoxy groups -OCH3 is 2. The van der Waals surface area contributed by atoms with Crippen molar-refractivity contribution in [3.8, 4) is 11.5 Å². The second-order valence-electron chi connectivity index (χ2n) is 3.68. The average molecular weight is 260 g/mol. The van der Waals surface area contributed by atoms with Crippen LogP contribution in [0.4, 0.5) is 0 Å². The quantitative estimate of drug-likeness (QED) is 0.821. The van der Waals surface area contributed by atoms with E-state index in [1.165, 1.54) is 7.11 Å². The van der Waals surface area contributed by atoms with E-state index in [0.717, 1.165) is 5.56 Å². The first-order valence-electron chi connectivity index (χ1n) is 5.42. The maximum atomic E-state index is 8.78. The van der Waals surface area contributed by atoms with Gasteiger partial charge >= 0.3 is 0 Å². The summed E-state index contributed by atoms with van der Waals surface area (Å²) in [6, 6.07) is 3.39. The standard InChI is InChI=1S/C12H18ClNO3/c1-16-10-6-5-8(9(14)4-3-7-15)11(13)12(10)17-2/h5-6,9,15H,3-4,7,14H2,1-2H3/t9-/m1/s1. The zero-order valence-corrected chi connectivity index (χ0v) is 10.8. The second kappa shape index (κ2) is 6.69. The van der Waals surface area contributed by atoms with Gasteiger partial charge in [0.2, 0.25) is 0 Å². The van der Waals surface area contributed by atoms with Gasteiger partial charge in [0.1, 0.15) is 0 Å². The maximum absolute atomic E-state index is 8.78. The minimum Gasteiger partial charge on any atom is -0.493 e. The van der Waals surface area contributed by atoms with Gasteiger partial charge in [0.15, 0.2) is 11.5 Å². The van der Waals surface area contributed by atoms with Crippen LogP contribution in [-0.2, 0) is 0 Å². The molecule has 0 aliphatic heterocycles. The van der Waals surface area contributed by atoms with E-state index in [9.17, 15) is 0 Å². The lowest BCUT2D eigenvalue weighted by molar-refractivity contribution is 0.280. The van der Waals surface area contributed by atoms with Crippen molar-refractivity contribution in [3.63, 3.8) is 0 Å². The smallest absolute Gasteiger partial charge is 0.179 e. The third-order valence-electron chi connectivity index (χ3n) is 2.59. The van der Waals surface area contributed by atoms with Gasteiger partial charge in [0.25, 0.3) is 0 Å². The van der Waals surface area contributed by atoms with Crippen molar-refractivity contribution < 1.29 is 14.6 Å². The van der Waals surface area contributed by atoms with Crippen LogP contribution in [0.15, 0.2) is 12.1 Å². The molecule has 0 aromatic heterocycles. The topological polar surface area (TPSA) is 64.7 Å². The zero-order valence-electron chi connectivity index (χ0n) is 10.1. The van der Waals surface area contributed by atoms with Crippen molar-refractivity contribution in [3.05, 3.63) is 22.7 Å². The first kappa shape index (κ1) is 14.1. The van der Waals surface area contributed by atoms with Crippen LogP contribution < -0.4 is 15.2 Å². The molecule has 0 saturated heterocycles. The zero-order chi connectivity index (χ0) is 12.8. The van der Waals surface area contributed by atoms with Crippen LogP contribution in [0.25, 0.3) is 0 Å².